The Morgan fingerprint density at radius 1 is 1.50 bits per heavy atom. The van der Waals surface area contributed by atoms with Crippen LogP contribution in [0, 0.1) is 6.57 Å². The van der Waals surface area contributed by atoms with Gasteiger partial charge in [0.1, 0.15) is 4.38 Å². The second-order valence-corrected chi connectivity index (χ2v) is 5.36. The minimum Gasteiger partial charge on any atom is -0.271 e. The molecule has 0 spiro atoms. The van der Waals surface area contributed by atoms with E-state index in [1.165, 1.54) is 0 Å². The number of nitrogens with zero attached hydrogens (tertiary/aromatic N) is 2. The summed E-state index contributed by atoms with van der Waals surface area (Å²) in [6, 6.07) is 7.59. The van der Waals surface area contributed by atoms with Crippen LogP contribution >= 0.6 is 23.5 Å². The van der Waals surface area contributed by atoms with Crippen LogP contribution in [0.1, 0.15) is 5.56 Å². The molecule has 0 bridgehead atoms. The smallest absolute Gasteiger partial charge is 0.187 e. The minimum absolute atomic E-state index is 0.680. The second-order valence-electron chi connectivity index (χ2n) is 3.12. The maximum absolute atomic E-state index is 6.93. The standard InChI is InChI=1S/C12H10N2S2/c1-13-11-4-2-3-10(9-11)5-7-15-12-14-6-8-16-12/h2-5,7,9H,6,8H2. The fourth-order valence-corrected chi connectivity index (χ4v) is 2.99. The van der Waals surface area contributed by atoms with Gasteiger partial charge in [0.15, 0.2) is 5.69 Å². The Balaban J connectivity index is 1.97. The highest BCUT2D eigenvalue weighted by Gasteiger charge is 2.04. The predicted molar refractivity (Wildman–Crippen MR) is 74.1 cm³/mol. The van der Waals surface area contributed by atoms with Crippen molar-refractivity contribution in [3.8, 4) is 0 Å². The first-order valence-corrected chi connectivity index (χ1v) is 6.73. The monoisotopic (exact) mass is 246 g/mol. The molecule has 0 unspecified atom stereocenters. The van der Waals surface area contributed by atoms with Crippen LogP contribution in [0.4, 0.5) is 5.69 Å². The molecule has 2 rings (SSSR count). The third kappa shape index (κ3) is 3.16. The van der Waals surface area contributed by atoms with E-state index < -0.39 is 0 Å². The number of thioether (sulfide) groups is 2. The third-order valence-corrected chi connectivity index (χ3v) is 3.99. The Hall–Kier alpha value is -1.18. The summed E-state index contributed by atoms with van der Waals surface area (Å²) in [5.41, 5.74) is 1.74. The van der Waals surface area contributed by atoms with Crippen molar-refractivity contribution in [1.82, 2.24) is 0 Å². The van der Waals surface area contributed by atoms with Crippen molar-refractivity contribution in [1.29, 1.82) is 0 Å². The van der Waals surface area contributed by atoms with Gasteiger partial charge in [0.2, 0.25) is 0 Å². The molecule has 1 aromatic carbocycles. The average Bonchev–Trinajstić information content (AvgIpc) is 2.82. The van der Waals surface area contributed by atoms with Crippen molar-refractivity contribution in [2.75, 3.05) is 12.3 Å². The minimum atomic E-state index is 0.680. The first-order chi connectivity index (χ1) is 7.88. The molecule has 16 heavy (non-hydrogen) atoms. The van der Waals surface area contributed by atoms with E-state index in [-0.39, 0.29) is 0 Å². The molecule has 0 saturated carbocycles. The van der Waals surface area contributed by atoms with Gasteiger partial charge >= 0.3 is 0 Å². The van der Waals surface area contributed by atoms with Crippen molar-refractivity contribution >= 4 is 39.7 Å². The highest BCUT2D eigenvalue weighted by Crippen LogP contribution is 2.24. The summed E-state index contributed by atoms with van der Waals surface area (Å²) in [6.45, 7) is 7.87. The van der Waals surface area contributed by atoms with Crippen LogP contribution in [-0.4, -0.2) is 16.7 Å². The van der Waals surface area contributed by atoms with Crippen LogP contribution < -0.4 is 0 Å². The molecule has 1 aliphatic rings. The number of aliphatic imine (C=N–C) groups is 1. The van der Waals surface area contributed by atoms with Gasteiger partial charge in [-0.25, -0.2) is 4.85 Å². The Morgan fingerprint density at radius 3 is 3.19 bits per heavy atom. The van der Waals surface area contributed by atoms with Crippen molar-refractivity contribution in [2.24, 2.45) is 4.99 Å². The number of hydrogen-bond acceptors (Lipinski definition) is 3. The van der Waals surface area contributed by atoms with Crippen molar-refractivity contribution < 1.29 is 0 Å². The molecule has 0 aliphatic carbocycles. The van der Waals surface area contributed by atoms with Crippen LogP contribution in [-0.2, 0) is 0 Å². The lowest BCUT2D eigenvalue weighted by Crippen LogP contribution is -1.74. The number of benzene rings is 1. The van der Waals surface area contributed by atoms with Crippen LogP contribution in [0.15, 0.2) is 34.7 Å². The summed E-state index contributed by atoms with van der Waals surface area (Å²) in [5, 5.41) is 2.03. The lowest BCUT2D eigenvalue weighted by molar-refractivity contribution is 1.18. The molecule has 1 heterocycles. The highest BCUT2D eigenvalue weighted by atomic mass is 32.2. The van der Waals surface area contributed by atoms with Gasteiger partial charge < -0.3 is 0 Å². The second kappa shape index (κ2) is 5.78. The summed E-state index contributed by atoms with van der Waals surface area (Å²) in [7, 11) is 0. The van der Waals surface area contributed by atoms with Gasteiger partial charge in [-0.05, 0) is 23.1 Å². The zero-order valence-corrected chi connectivity index (χ0v) is 10.2. The SMILES string of the molecule is [C-]#[N+]c1cccc(C=CSC2=NCCS2)c1. The summed E-state index contributed by atoms with van der Waals surface area (Å²) < 4.78 is 1.14. The quantitative estimate of drug-likeness (QED) is 0.732. The first-order valence-electron chi connectivity index (χ1n) is 4.86. The normalized spacial score (nSPS) is 15.1. The lowest BCUT2D eigenvalue weighted by atomic mass is 10.2. The Kier molecular flexibility index (Phi) is 4.09. The van der Waals surface area contributed by atoms with Crippen molar-refractivity contribution in [3.63, 3.8) is 0 Å². The predicted octanol–water partition coefficient (Wildman–Crippen LogP) is 4.04. The van der Waals surface area contributed by atoms with E-state index in [1.54, 1.807) is 23.5 Å². The summed E-state index contributed by atoms with van der Waals surface area (Å²) >= 11 is 3.45. The van der Waals surface area contributed by atoms with Crippen LogP contribution in [0.25, 0.3) is 10.9 Å². The zero-order chi connectivity index (χ0) is 11.2. The molecule has 0 radical (unpaired) electrons. The lowest BCUT2D eigenvalue weighted by Gasteiger charge is -1.94. The molecule has 80 valence electrons. The molecule has 2 nitrogen and oxygen atoms in total. The van der Waals surface area contributed by atoms with E-state index in [1.807, 2.05) is 35.7 Å². The molecule has 0 amide bonds. The largest absolute Gasteiger partial charge is 0.271 e. The molecular weight excluding hydrogens is 236 g/mol. The molecular formula is C12H10N2S2. The Labute approximate surface area is 104 Å². The van der Waals surface area contributed by atoms with Crippen molar-refractivity contribution in [2.45, 2.75) is 0 Å². The Bertz CT molecular complexity index is 472. The summed E-state index contributed by atoms with van der Waals surface area (Å²) in [4.78, 5) is 7.74. The van der Waals surface area contributed by atoms with Gasteiger partial charge in [0.05, 0.1) is 13.1 Å². The molecule has 4 heteroatoms. The highest BCUT2D eigenvalue weighted by molar-refractivity contribution is 8.40. The Morgan fingerprint density at radius 2 is 2.44 bits per heavy atom. The van der Waals surface area contributed by atoms with Gasteiger partial charge in [-0.3, -0.25) is 4.99 Å². The fourth-order valence-electron chi connectivity index (χ4n) is 1.26. The van der Waals surface area contributed by atoms with Crippen molar-refractivity contribution in [3.05, 3.63) is 46.7 Å². The van der Waals surface area contributed by atoms with Crippen LogP contribution in [0.2, 0.25) is 0 Å². The topological polar surface area (TPSA) is 16.7 Å². The molecule has 1 aromatic rings. The summed E-state index contributed by atoms with van der Waals surface area (Å²) in [6.07, 6.45) is 2.01. The molecule has 1 aliphatic heterocycles. The summed E-state index contributed by atoms with van der Waals surface area (Å²) in [5.74, 6) is 1.10. The van der Waals surface area contributed by atoms with E-state index in [9.17, 15) is 0 Å². The van der Waals surface area contributed by atoms with E-state index in [2.05, 4.69) is 9.84 Å². The average molecular weight is 246 g/mol. The van der Waals surface area contributed by atoms with Gasteiger partial charge in [-0.1, -0.05) is 41.7 Å². The fraction of sp³-hybridized carbons (Fsp3) is 0.167. The van der Waals surface area contributed by atoms with E-state index in [0.717, 1.165) is 22.2 Å². The van der Waals surface area contributed by atoms with Gasteiger partial charge in [0.25, 0.3) is 0 Å². The maximum atomic E-state index is 6.93. The molecule has 0 saturated heterocycles. The zero-order valence-electron chi connectivity index (χ0n) is 8.59. The van der Waals surface area contributed by atoms with E-state index in [4.69, 9.17) is 6.57 Å². The molecule has 0 aromatic heterocycles. The van der Waals surface area contributed by atoms with E-state index >= 15 is 0 Å². The van der Waals surface area contributed by atoms with Gasteiger partial charge in [-0.15, -0.1) is 0 Å². The van der Waals surface area contributed by atoms with Crippen LogP contribution in [0.5, 0.6) is 0 Å². The number of rotatable bonds is 2. The van der Waals surface area contributed by atoms with Gasteiger partial charge in [-0.2, -0.15) is 0 Å². The maximum Gasteiger partial charge on any atom is 0.187 e. The van der Waals surface area contributed by atoms with Gasteiger partial charge in [0, 0.05) is 5.75 Å². The molecule has 0 N–H and O–H groups in total. The molecule has 0 atom stereocenters. The third-order valence-electron chi connectivity index (χ3n) is 1.99. The van der Waals surface area contributed by atoms with Crippen LogP contribution in [0.3, 0.4) is 0 Å². The van der Waals surface area contributed by atoms with E-state index in [0.29, 0.717) is 5.69 Å². The number of hydrogen-bond donors (Lipinski definition) is 0. The first kappa shape index (κ1) is 11.3. The molecule has 0 fully saturated rings.